The van der Waals surface area contributed by atoms with Crippen LogP contribution >= 0.6 is 0 Å². The van der Waals surface area contributed by atoms with Gasteiger partial charge in [-0.25, -0.2) is 0 Å². The van der Waals surface area contributed by atoms with E-state index < -0.39 is 0 Å². The molecule has 1 aromatic rings. The first-order valence-electron chi connectivity index (χ1n) is 6.21. The van der Waals surface area contributed by atoms with Gasteiger partial charge in [0.15, 0.2) is 0 Å². The van der Waals surface area contributed by atoms with Crippen molar-refractivity contribution in [3.63, 3.8) is 0 Å². The van der Waals surface area contributed by atoms with Crippen LogP contribution in [-0.2, 0) is 6.42 Å². The molecule has 0 aliphatic rings. The number of benzene rings is 1. The first kappa shape index (κ1) is 14.0. The van der Waals surface area contributed by atoms with Gasteiger partial charge in [-0.3, -0.25) is 0 Å². The van der Waals surface area contributed by atoms with Gasteiger partial charge in [0.2, 0.25) is 0 Å². The quantitative estimate of drug-likeness (QED) is 0.869. The van der Waals surface area contributed by atoms with E-state index in [1.165, 1.54) is 11.1 Å². The van der Waals surface area contributed by atoms with E-state index in [1.807, 2.05) is 0 Å². The van der Waals surface area contributed by atoms with E-state index >= 15 is 0 Å². The molecule has 1 rings (SSSR count). The summed E-state index contributed by atoms with van der Waals surface area (Å²) in [5.74, 6) is 0.953. The van der Waals surface area contributed by atoms with E-state index in [9.17, 15) is 0 Å². The molecule has 0 aliphatic carbocycles. The van der Waals surface area contributed by atoms with Gasteiger partial charge in [0.1, 0.15) is 5.75 Å². The lowest BCUT2D eigenvalue weighted by Crippen LogP contribution is -2.28. The van der Waals surface area contributed by atoms with Crippen molar-refractivity contribution in [1.29, 1.82) is 0 Å². The monoisotopic (exact) mass is 235 g/mol. The molecule has 0 bridgehead atoms. The molecule has 1 aromatic carbocycles. The fourth-order valence-corrected chi connectivity index (χ4v) is 2.16. The molecule has 0 fully saturated rings. The predicted octanol–water partition coefficient (Wildman–Crippen LogP) is 3.31. The zero-order chi connectivity index (χ0) is 13.1. The Balaban J connectivity index is 2.74. The van der Waals surface area contributed by atoms with Crippen LogP contribution in [0.5, 0.6) is 5.75 Å². The highest BCUT2D eigenvalue weighted by Gasteiger charge is 2.17. The van der Waals surface area contributed by atoms with E-state index in [1.54, 1.807) is 7.11 Å². The maximum absolute atomic E-state index is 6.20. The van der Waals surface area contributed by atoms with Crippen molar-refractivity contribution in [3.8, 4) is 5.75 Å². The lowest BCUT2D eigenvalue weighted by Gasteiger charge is -2.23. The average Bonchev–Trinajstić information content (AvgIpc) is 2.17. The maximum atomic E-state index is 6.20. The smallest absolute Gasteiger partial charge is 0.122 e. The topological polar surface area (TPSA) is 35.2 Å². The minimum absolute atomic E-state index is 0.187. The SMILES string of the molecule is COc1cc(C)ccc1CC(N)CC(C)(C)C. The molecule has 1 atom stereocenters. The third kappa shape index (κ3) is 4.78. The standard InChI is InChI=1S/C15H25NO/c1-11-6-7-12(14(8-11)17-5)9-13(16)10-15(2,3)4/h6-8,13H,9-10,16H2,1-5H3. The molecular weight excluding hydrogens is 210 g/mol. The van der Waals surface area contributed by atoms with Crippen LogP contribution in [-0.4, -0.2) is 13.2 Å². The third-order valence-corrected chi connectivity index (χ3v) is 2.80. The lowest BCUT2D eigenvalue weighted by molar-refractivity contribution is 0.335. The van der Waals surface area contributed by atoms with E-state index in [2.05, 4.69) is 45.9 Å². The molecule has 2 nitrogen and oxygen atoms in total. The Hall–Kier alpha value is -1.02. The summed E-state index contributed by atoms with van der Waals surface area (Å²) in [6, 6.07) is 6.49. The number of methoxy groups -OCH3 is 1. The predicted molar refractivity (Wildman–Crippen MR) is 73.5 cm³/mol. The van der Waals surface area contributed by atoms with Gasteiger partial charge in [0.25, 0.3) is 0 Å². The number of aryl methyl sites for hydroxylation is 1. The van der Waals surface area contributed by atoms with E-state index in [4.69, 9.17) is 10.5 Å². The largest absolute Gasteiger partial charge is 0.496 e. The maximum Gasteiger partial charge on any atom is 0.122 e. The minimum Gasteiger partial charge on any atom is -0.496 e. The van der Waals surface area contributed by atoms with Gasteiger partial charge in [0.05, 0.1) is 7.11 Å². The number of rotatable bonds is 4. The van der Waals surface area contributed by atoms with Crippen molar-refractivity contribution in [3.05, 3.63) is 29.3 Å². The average molecular weight is 235 g/mol. The Morgan fingerprint density at radius 2 is 1.94 bits per heavy atom. The number of nitrogens with two attached hydrogens (primary N) is 1. The van der Waals surface area contributed by atoms with Crippen molar-refractivity contribution in [1.82, 2.24) is 0 Å². The molecule has 0 saturated carbocycles. The van der Waals surface area contributed by atoms with Crippen molar-refractivity contribution < 1.29 is 4.74 Å². The summed E-state index contributed by atoms with van der Waals surface area (Å²) in [7, 11) is 1.72. The first-order valence-corrected chi connectivity index (χ1v) is 6.21. The van der Waals surface area contributed by atoms with Crippen LogP contribution in [0.15, 0.2) is 18.2 Å². The van der Waals surface area contributed by atoms with Crippen LogP contribution in [0.1, 0.15) is 38.3 Å². The second-order valence-electron chi connectivity index (χ2n) is 6.04. The van der Waals surface area contributed by atoms with Crippen LogP contribution in [0.2, 0.25) is 0 Å². The van der Waals surface area contributed by atoms with Crippen molar-refractivity contribution in [2.45, 2.75) is 46.6 Å². The van der Waals surface area contributed by atoms with E-state index in [-0.39, 0.29) is 11.5 Å². The number of hydrogen-bond acceptors (Lipinski definition) is 2. The van der Waals surface area contributed by atoms with E-state index in [0.717, 1.165) is 18.6 Å². The molecule has 1 unspecified atom stereocenters. The summed E-state index contributed by atoms with van der Waals surface area (Å²) in [6.07, 6.45) is 1.89. The summed E-state index contributed by atoms with van der Waals surface area (Å²) in [4.78, 5) is 0. The molecule has 96 valence electrons. The second-order valence-corrected chi connectivity index (χ2v) is 6.04. The van der Waals surface area contributed by atoms with Gasteiger partial charge >= 0.3 is 0 Å². The highest BCUT2D eigenvalue weighted by atomic mass is 16.5. The normalized spacial score (nSPS) is 13.5. The van der Waals surface area contributed by atoms with Gasteiger partial charge in [-0.05, 0) is 42.4 Å². The summed E-state index contributed by atoms with van der Waals surface area (Å²) >= 11 is 0. The highest BCUT2D eigenvalue weighted by Crippen LogP contribution is 2.25. The molecule has 0 aromatic heterocycles. The van der Waals surface area contributed by atoms with Crippen molar-refractivity contribution in [2.24, 2.45) is 11.1 Å². The summed E-state index contributed by atoms with van der Waals surface area (Å²) in [6.45, 7) is 8.74. The lowest BCUT2D eigenvalue weighted by atomic mass is 9.86. The van der Waals surface area contributed by atoms with Crippen LogP contribution in [0.25, 0.3) is 0 Å². The summed E-state index contributed by atoms with van der Waals surface area (Å²) in [5.41, 5.74) is 8.89. The molecule has 0 aliphatic heterocycles. The molecule has 0 spiro atoms. The Labute approximate surface area is 105 Å². The molecular formula is C15H25NO. The van der Waals surface area contributed by atoms with Gasteiger partial charge in [-0.2, -0.15) is 0 Å². The highest BCUT2D eigenvalue weighted by molar-refractivity contribution is 5.37. The van der Waals surface area contributed by atoms with Crippen LogP contribution < -0.4 is 10.5 Å². The summed E-state index contributed by atoms with van der Waals surface area (Å²) < 4.78 is 5.40. The van der Waals surface area contributed by atoms with Crippen molar-refractivity contribution in [2.75, 3.05) is 7.11 Å². The Bertz CT molecular complexity index is 366. The molecule has 0 amide bonds. The minimum atomic E-state index is 0.187. The fourth-order valence-electron chi connectivity index (χ4n) is 2.16. The van der Waals surface area contributed by atoms with E-state index in [0.29, 0.717) is 0 Å². The first-order chi connectivity index (χ1) is 7.81. The number of ether oxygens (including phenoxy) is 1. The van der Waals surface area contributed by atoms with Crippen molar-refractivity contribution >= 4 is 0 Å². The van der Waals surface area contributed by atoms with Crippen LogP contribution in [0.4, 0.5) is 0 Å². The number of hydrogen-bond donors (Lipinski definition) is 1. The fraction of sp³-hybridized carbons (Fsp3) is 0.600. The van der Waals surface area contributed by atoms with Gasteiger partial charge in [0, 0.05) is 6.04 Å². The molecule has 0 saturated heterocycles. The molecule has 0 heterocycles. The molecule has 2 N–H and O–H groups in total. The Morgan fingerprint density at radius 1 is 1.29 bits per heavy atom. The van der Waals surface area contributed by atoms with Crippen LogP contribution in [0, 0.1) is 12.3 Å². The summed E-state index contributed by atoms with van der Waals surface area (Å²) in [5, 5.41) is 0. The zero-order valence-corrected chi connectivity index (χ0v) is 11.7. The third-order valence-electron chi connectivity index (χ3n) is 2.80. The van der Waals surface area contributed by atoms with Gasteiger partial charge in [-0.1, -0.05) is 32.9 Å². The Kier molecular flexibility index (Phi) is 4.58. The molecule has 0 radical (unpaired) electrons. The zero-order valence-electron chi connectivity index (χ0n) is 11.7. The van der Waals surface area contributed by atoms with Gasteiger partial charge in [-0.15, -0.1) is 0 Å². The second kappa shape index (κ2) is 5.54. The van der Waals surface area contributed by atoms with Gasteiger partial charge < -0.3 is 10.5 Å². The Morgan fingerprint density at radius 3 is 2.47 bits per heavy atom. The molecule has 2 heteroatoms. The molecule has 17 heavy (non-hydrogen) atoms. The van der Waals surface area contributed by atoms with Crippen LogP contribution in [0.3, 0.4) is 0 Å².